The first-order chi connectivity index (χ1) is 7.22. The highest BCUT2D eigenvalue weighted by Gasteiger charge is 2.32. The summed E-state index contributed by atoms with van der Waals surface area (Å²) in [5.41, 5.74) is 6.41. The van der Waals surface area contributed by atoms with Crippen LogP contribution in [0.2, 0.25) is 0 Å². The lowest BCUT2D eigenvalue weighted by atomic mass is 9.68. The molecule has 2 N–H and O–H groups in total. The largest absolute Gasteiger partial charge is 0.382 e. The highest BCUT2D eigenvalue weighted by atomic mass is 16.5. The first-order valence-corrected chi connectivity index (χ1v) is 6.50. The molecule has 2 nitrogen and oxygen atoms in total. The molecule has 0 aliphatic heterocycles. The van der Waals surface area contributed by atoms with Crippen molar-refractivity contribution in [2.45, 2.75) is 52.4 Å². The van der Waals surface area contributed by atoms with Gasteiger partial charge < -0.3 is 10.5 Å². The lowest BCUT2D eigenvalue weighted by molar-refractivity contribution is 0.105. The van der Waals surface area contributed by atoms with Gasteiger partial charge in [-0.25, -0.2) is 0 Å². The van der Waals surface area contributed by atoms with E-state index in [2.05, 4.69) is 13.8 Å². The Bertz CT molecular complexity index is 162. The van der Waals surface area contributed by atoms with Crippen molar-refractivity contribution in [3.63, 3.8) is 0 Å². The molecule has 0 bridgehead atoms. The number of ether oxygens (including phenoxy) is 1. The van der Waals surface area contributed by atoms with Gasteiger partial charge in [-0.3, -0.25) is 0 Å². The van der Waals surface area contributed by atoms with E-state index in [-0.39, 0.29) is 0 Å². The average Bonchev–Trinajstić information content (AvgIpc) is 2.28. The van der Waals surface area contributed by atoms with E-state index in [0.717, 1.165) is 25.7 Å². The van der Waals surface area contributed by atoms with Gasteiger partial charge in [0.15, 0.2) is 0 Å². The zero-order valence-electron chi connectivity index (χ0n) is 10.4. The Morgan fingerprint density at radius 3 is 2.53 bits per heavy atom. The van der Waals surface area contributed by atoms with E-state index in [9.17, 15) is 0 Å². The molecule has 1 aliphatic rings. The van der Waals surface area contributed by atoms with Crippen LogP contribution in [-0.4, -0.2) is 19.8 Å². The molecule has 0 atom stereocenters. The summed E-state index contributed by atoms with van der Waals surface area (Å²) in [6, 6.07) is 0. The Hall–Kier alpha value is -0.0800. The van der Waals surface area contributed by atoms with Gasteiger partial charge in [-0.2, -0.15) is 0 Å². The maximum atomic E-state index is 5.96. The van der Waals surface area contributed by atoms with Crippen LogP contribution in [0.5, 0.6) is 0 Å². The minimum Gasteiger partial charge on any atom is -0.382 e. The third-order valence-corrected chi connectivity index (χ3v) is 3.97. The van der Waals surface area contributed by atoms with Crippen LogP contribution >= 0.6 is 0 Å². The van der Waals surface area contributed by atoms with Crippen molar-refractivity contribution in [2.75, 3.05) is 19.8 Å². The second kappa shape index (κ2) is 6.49. The van der Waals surface area contributed by atoms with E-state index in [1.54, 1.807) is 0 Å². The molecule has 2 heteroatoms. The smallest absolute Gasteiger partial charge is 0.0466 e. The van der Waals surface area contributed by atoms with Crippen LogP contribution in [0, 0.1) is 11.3 Å². The Labute approximate surface area is 94.6 Å². The first kappa shape index (κ1) is 13.0. The van der Waals surface area contributed by atoms with Crippen molar-refractivity contribution in [3.8, 4) is 0 Å². The van der Waals surface area contributed by atoms with Crippen LogP contribution in [0.3, 0.4) is 0 Å². The van der Waals surface area contributed by atoms with Crippen molar-refractivity contribution in [1.82, 2.24) is 0 Å². The molecule has 0 aromatic rings. The maximum Gasteiger partial charge on any atom is 0.0466 e. The summed E-state index contributed by atoms with van der Waals surface area (Å²) in [7, 11) is 0. The molecule has 0 aromatic heterocycles. The minimum atomic E-state index is 0.448. The second-order valence-corrected chi connectivity index (χ2v) is 5.19. The molecular formula is C13H27NO. The van der Waals surface area contributed by atoms with Crippen LogP contribution in [0.4, 0.5) is 0 Å². The highest BCUT2D eigenvalue weighted by molar-refractivity contribution is 4.85. The molecule has 0 unspecified atom stereocenters. The molecule has 0 saturated heterocycles. The standard InChI is InChI=1S/C13H27NO/c1-3-15-10-4-7-13(11-14)8-5-12(2)6-9-13/h12H,3-11,14H2,1-2H3. The van der Waals surface area contributed by atoms with E-state index < -0.39 is 0 Å². The fourth-order valence-electron chi connectivity index (χ4n) is 2.62. The third-order valence-electron chi connectivity index (χ3n) is 3.97. The number of nitrogens with two attached hydrogens (primary N) is 1. The Morgan fingerprint density at radius 1 is 1.33 bits per heavy atom. The molecule has 0 heterocycles. The van der Waals surface area contributed by atoms with E-state index in [1.807, 2.05) is 0 Å². The molecule has 1 rings (SSSR count). The Kier molecular flexibility index (Phi) is 5.62. The normalized spacial score (nSPS) is 31.8. The molecule has 0 amide bonds. The summed E-state index contributed by atoms with van der Waals surface area (Å²) in [6.45, 7) is 7.04. The summed E-state index contributed by atoms with van der Waals surface area (Å²) < 4.78 is 5.39. The molecule has 90 valence electrons. The average molecular weight is 213 g/mol. The van der Waals surface area contributed by atoms with Crippen molar-refractivity contribution in [3.05, 3.63) is 0 Å². The van der Waals surface area contributed by atoms with Gasteiger partial charge in [0.05, 0.1) is 0 Å². The zero-order chi connectivity index (χ0) is 11.1. The molecule has 1 aliphatic carbocycles. The molecular weight excluding hydrogens is 186 g/mol. The highest BCUT2D eigenvalue weighted by Crippen LogP contribution is 2.41. The van der Waals surface area contributed by atoms with Crippen molar-refractivity contribution < 1.29 is 4.74 Å². The molecule has 0 radical (unpaired) electrons. The molecule has 0 aromatic carbocycles. The lowest BCUT2D eigenvalue weighted by Gasteiger charge is -2.38. The van der Waals surface area contributed by atoms with E-state index in [4.69, 9.17) is 10.5 Å². The molecule has 15 heavy (non-hydrogen) atoms. The monoisotopic (exact) mass is 213 g/mol. The second-order valence-electron chi connectivity index (χ2n) is 5.19. The number of rotatable bonds is 6. The predicted molar refractivity (Wildman–Crippen MR) is 64.8 cm³/mol. The van der Waals surface area contributed by atoms with Gasteiger partial charge in [0.2, 0.25) is 0 Å². The van der Waals surface area contributed by atoms with E-state index in [1.165, 1.54) is 38.5 Å². The molecule has 0 spiro atoms. The number of hydrogen-bond donors (Lipinski definition) is 1. The summed E-state index contributed by atoms with van der Waals surface area (Å²) in [5, 5.41) is 0. The van der Waals surface area contributed by atoms with Crippen LogP contribution in [0.1, 0.15) is 52.4 Å². The summed E-state index contributed by atoms with van der Waals surface area (Å²) in [4.78, 5) is 0. The fourth-order valence-corrected chi connectivity index (χ4v) is 2.62. The lowest BCUT2D eigenvalue weighted by Crippen LogP contribution is -2.34. The van der Waals surface area contributed by atoms with Gasteiger partial charge >= 0.3 is 0 Å². The SMILES string of the molecule is CCOCCCC1(CN)CCC(C)CC1. The fraction of sp³-hybridized carbons (Fsp3) is 1.00. The van der Waals surface area contributed by atoms with Crippen LogP contribution in [0.15, 0.2) is 0 Å². The van der Waals surface area contributed by atoms with Gasteiger partial charge in [0.25, 0.3) is 0 Å². The summed E-state index contributed by atoms with van der Waals surface area (Å²) >= 11 is 0. The first-order valence-electron chi connectivity index (χ1n) is 6.50. The summed E-state index contributed by atoms with van der Waals surface area (Å²) in [5.74, 6) is 0.913. The topological polar surface area (TPSA) is 35.2 Å². The van der Waals surface area contributed by atoms with Gasteiger partial charge in [-0.05, 0) is 50.5 Å². The quantitative estimate of drug-likeness (QED) is 0.688. The number of hydrogen-bond acceptors (Lipinski definition) is 2. The third kappa shape index (κ3) is 4.12. The Balaban J connectivity index is 2.27. The van der Waals surface area contributed by atoms with Crippen molar-refractivity contribution >= 4 is 0 Å². The van der Waals surface area contributed by atoms with Gasteiger partial charge in [0, 0.05) is 13.2 Å². The zero-order valence-corrected chi connectivity index (χ0v) is 10.4. The van der Waals surface area contributed by atoms with E-state index in [0.29, 0.717) is 5.41 Å². The van der Waals surface area contributed by atoms with Crippen LogP contribution in [0.25, 0.3) is 0 Å². The van der Waals surface area contributed by atoms with Gasteiger partial charge in [0.1, 0.15) is 0 Å². The summed E-state index contributed by atoms with van der Waals surface area (Å²) in [6.07, 6.45) is 7.83. The Morgan fingerprint density at radius 2 is 2.00 bits per heavy atom. The molecule has 1 fully saturated rings. The van der Waals surface area contributed by atoms with Crippen LogP contribution in [-0.2, 0) is 4.74 Å². The van der Waals surface area contributed by atoms with Crippen molar-refractivity contribution in [2.24, 2.45) is 17.1 Å². The van der Waals surface area contributed by atoms with Gasteiger partial charge in [-0.15, -0.1) is 0 Å². The maximum absolute atomic E-state index is 5.96. The van der Waals surface area contributed by atoms with Gasteiger partial charge in [-0.1, -0.05) is 19.8 Å². The predicted octanol–water partition coefficient (Wildman–Crippen LogP) is 2.96. The molecule has 1 saturated carbocycles. The minimum absolute atomic E-state index is 0.448. The van der Waals surface area contributed by atoms with Crippen LogP contribution < -0.4 is 5.73 Å². The van der Waals surface area contributed by atoms with E-state index >= 15 is 0 Å². The van der Waals surface area contributed by atoms with Crippen molar-refractivity contribution in [1.29, 1.82) is 0 Å².